The number of hydrogen-bond acceptors (Lipinski definition) is 7. The number of ketones is 1. The number of carbonyl (C=O) groups is 3. The van der Waals surface area contributed by atoms with Gasteiger partial charge in [-0.05, 0) is 5.56 Å². The molecule has 0 amide bonds. The Bertz CT molecular complexity index is 845. The number of carbonyl (C=O) groups excluding carboxylic acids is 3. The summed E-state index contributed by atoms with van der Waals surface area (Å²) in [5.74, 6) is -1.93. The molecule has 2 atom stereocenters. The van der Waals surface area contributed by atoms with Crippen molar-refractivity contribution in [3.8, 4) is 12.3 Å². The van der Waals surface area contributed by atoms with E-state index in [4.69, 9.17) is 20.6 Å². The average Bonchev–Trinajstić information content (AvgIpc) is 3.10. The molecule has 7 heteroatoms. The highest BCUT2D eigenvalue weighted by Gasteiger charge is 2.62. The lowest BCUT2D eigenvalue weighted by Crippen LogP contribution is -2.42. The van der Waals surface area contributed by atoms with Crippen molar-refractivity contribution in [2.75, 3.05) is 20.8 Å². The summed E-state index contributed by atoms with van der Waals surface area (Å²) in [7, 11) is 2.30. The molecule has 2 aliphatic rings. The third-order valence-electron chi connectivity index (χ3n) is 4.06. The second-order valence-corrected chi connectivity index (χ2v) is 5.29. The number of methoxy groups -OCH3 is 2. The zero-order valence-corrected chi connectivity index (χ0v) is 13.5. The Kier molecular flexibility index (Phi) is 4.17. The van der Waals surface area contributed by atoms with E-state index < -0.39 is 29.6 Å². The molecule has 0 unspecified atom stereocenters. The smallest absolute Gasteiger partial charge is 0.340 e. The molecule has 0 N–H and O–H groups in total. The van der Waals surface area contributed by atoms with Gasteiger partial charge in [0.1, 0.15) is 6.61 Å². The van der Waals surface area contributed by atoms with Gasteiger partial charge in [-0.1, -0.05) is 30.2 Å². The lowest BCUT2D eigenvalue weighted by atomic mass is 9.98. The summed E-state index contributed by atoms with van der Waals surface area (Å²) in [6.45, 7) is -0.258. The number of fused-ring (bicyclic) bond motifs is 3. The first-order valence-corrected chi connectivity index (χ1v) is 7.32. The van der Waals surface area contributed by atoms with Crippen molar-refractivity contribution in [2.45, 2.75) is 11.9 Å². The topological polar surface area (TPSA) is 88.1 Å². The highest BCUT2D eigenvalue weighted by molar-refractivity contribution is 6.24. The molecule has 1 aliphatic carbocycles. The Balaban J connectivity index is 2.30. The molecule has 25 heavy (non-hydrogen) atoms. The molecule has 7 nitrogen and oxygen atoms in total. The summed E-state index contributed by atoms with van der Waals surface area (Å²) in [6.07, 6.45) is 3.78. The van der Waals surface area contributed by atoms with Crippen LogP contribution < -0.4 is 0 Å². The monoisotopic (exact) mass is 342 g/mol. The number of Topliss-reactive ketones (excluding diaryl/α,β-unsaturated/α-hetero) is 1. The van der Waals surface area contributed by atoms with E-state index in [0.29, 0.717) is 11.1 Å². The van der Waals surface area contributed by atoms with Crippen LogP contribution >= 0.6 is 0 Å². The number of rotatable bonds is 4. The van der Waals surface area contributed by atoms with Gasteiger partial charge in [-0.25, -0.2) is 9.59 Å². The maximum atomic E-state index is 13.0. The van der Waals surface area contributed by atoms with Crippen LogP contribution in [0.25, 0.3) is 5.57 Å². The van der Waals surface area contributed by atoms with E-state index >= 15 is 0 Å². The van der Waals surface area contributed by atoms with Gasteiger partial charge >= 0.3 is 11.9 Å². The Morgan fingerprint density at radius 1 is 1.24 bits per heavy atom. The summed E-state index contributed by atoms with van der Waals surface area (Å²) in [6, 6.07) is 6.57. The number of benzene rings is 1. The van der Waals surface area contributed by atoms with Crippen LogP contribution in [0.3, 0.4) is 0 Å². The zero-order chi connectivity index (χ0) is 18.2. The summed E-state index contributed by atoms with van der Waals surface area (Å²) < 4.78 is 20.6. The van der Waals surface area contributed by atoms with Crippen LogP contribution in [0, 0.1) is 12.3 Å². The minimum absolute atomic E-state index is 0.130. The number of terminal acetylenes is 1. The Morgan fingerprint density at radius 3 is 2.52 bits per heavy atom. The van der Waals surface area contributed by atoms with Gasteiger partial charge in [0.15, 0.2) is 6.10 Å². The van der Waals surface area contributed by atoms with E-state index in [0.717, 1.165) is 14.2 Å². The van der Waals surface area contributed by atoms with Crippen LogP contribution in [-0.4, -0.2) is 50.4 Å². The summed E-state index contributed by atoms with van der Waals surface area (Å²) in [5, 5.41) is 0. The lowest BCUT2D eigenvalue weighted by molar-refractivity contribution is -0.184. The minimum atomic E-state index is -1.97. The maximum absolute atomic E-state index is 13.0. The Hall–Kier alpha value is -2.95. The first-order valence-electron chi connectivity index (χ1n) is 7.32. The van der Waals surface area contributed by atoms with Crippen molar-refractivity contribution in [1.29, 1.82) is 0 Å². The van der Waals surface area contributed by atoms with E-state index in [1.54, 1.807) is 24.3 Å². The van der Waals surface area contributed by atoms with E-state index in [1.165, 1.54) is 0 Å². The third-order valence-corrected chi connectivity index (χ3v) is 4.06. The highest BCUT2D eigenvalue weighted by Crippen LogP contribution is 2.51. The quantitative estimate of drug-likeness (QED) is 0.589. The molecule has 1 aromatic rings. The van der Waals surface area contributed by atoms with E-state index in [1.807, 2.05) is 0 Å². The van der Waals surface area contributed by atoms with Crippen molar-refractivity contribution in [1.82, 2.24) is 0 Å². The molecule has 0 bridgehead atoms. The van der Waals surface area contributed by atoms with E-state index in [9.17, 15) is 14.4 Å². The largest absolute Gasteiger partial charge is 0.467 e. The molecular weight excluding hydrogens is 328 g/mol. The first-order chi connectivity index (χ1) is 12.0. The van der Waals surface area contributed by atoms with Crippen molar-refractivity contribution in [3.05, 3.63) is 41.0 Å². The fraction of sp³-hybridized carbons (Fsp3) is 0.278. The highest BCUT2D eigenvalue weighted by atomic mass is 16.7. The molecule has 1 aliphatic heterocycles. The van der Waals surface area contributed by atoms with E-state index in [-0.39, 0.29) is 17.8 Å². The van der Waals surface area contributed by atoms with Gasteiger partial charge in [-0.15, -0.1) is 6.42 Å². The number of ether oxygens (including phenoxy) is 4. The molecule has 0 saturated carbocycles. The van der Waals surface area contributed by atoms with Gasteiger partial charge in [0.05, 0.1) is 19.8 Å². The molecule has 0 fully saturated rings. The molecule has 3 rings (SSSR count). The van der Waals surface area contributed by atoms with Crippen molar-refractivity contribution in [3.63, 3.8) is 0 Å². The van der Waals surface area contributed by atoms with Crippen LogP contribution in [0.4, 0.5) is 0 Å². The SMILES string of the molecule is C#CCO[C@@]12O[C@H](C(=O)OC)C(C(=O)OC)=C1c1ccccc1C2=O. The molecular formula is C18H14O7. The third kappa shape index (κ3) is 2.27. The summed E-state index contributed by atoms with van der Waals surface area (Å²) in [5.41, 5.74) is 0.728. The van der Waals surface area contributed by atoms with Gasteiger partial charge < -0.3 is 18.9 Å². The molecule has 0 saturated heterocycles. The minimum Gasteiger partial charge on any atom is -0.467 e. The molecule has 0 spiro atoms. The first kappa shape index (κ1) is 16.9. The standard InChI is InChI=1S/C18H14O7/c1-4-9-24-18-13(10-7-5-6-8-11(10)15(18)19)12(16(20)22-2)14(25-18)17(21)23-3/h1,5-8,14H,9H2,2-3H3/t14-,18+/m0/s1. The fourth-order valence-corrected chi connectivity index (χ4v) is 3.07. The van der Waals surface area contributed by atoms with Crippen molar-refractivity contribution in [2.24, 2.45) is 0 Å². The second-order valence-electron chi connectivity index (χ2n) is 5.29. The normalized spacial score (nSPS) is 23.7. The van der Waals surface area contributed by atoms with Crippen LogP contribution in [-0.2, 0) is 28.5 Å². The van der Waals surface area contributed by atoms with Gasteiger partial charge in [0.25, 0.3) is 5.79 Å². The van der Waals surface area contributed by atoms with Crippen LogP contribution in [0.15, 0.2) is 29.8 Å². The predicted molar refractivity (Wildman–Crippen MR) is 84.1 cm³/mol. The van der Waals surface area contributed by atoms with Crippen molar-refractivity contribution >= 4 is 23.3 Å². The van der Waals surface area contributed by atoms with Gasteiger partial charge in [-0.3, -0.25) is 4.79 Å². The number of esters is 2. The number of hydrogen-bond donors (Lipinski definition) is 0. The average molecular weight is 342 g/mol. The Morgan fingerprint density at radius 2 is 1.92 bits per heavy atom. The zero-order valence-electron chi connectivity index (χ0n) is 13.5. The van der Waals surface area contributed by atoms with Crippen LogP contribution in [0.5, 0.6) is 0 Å². The van der Waals surface area contributed by atoms with Gasteiger partial charge in [0.2, 0.25) is 5.78 Å². The van der Waals surface area contributed by atoms with Crippen LogP contribution in [0.1, 0.15) is 15.9 Å². The molecule has 1 aromatic carbocycles. The summed E-state index contributed by atoms with van der Waals surface area (Å²) in [4.78, 5) is 37.4. The van der Waals surface area contributed by atoms with Crippen molar-refractivity contribution < 1.29 is 33.3 Å². The molecule has 0 radical (unpaired) electrons. The predicted octanol–water partition coefficient (Wildman–Crippen LogP) is 0.727. The van der Waals surface area contributed by atoms with Crippen LogP contribution in [0.2, 0.25) is 0 Å². The summed E-state index contributed by atoms with van der Waals surface area (Å²) >= 11 is 0. The molecule has 1 heterocycles. The van der Waals surface area contributed by atoms with E-state index in [2.05, 4.69) is 10.7 Å². The molecule has 0 aromatic heterocycles. The van der Waals surface area contributed by atoms with Gasteiger partial charge in [-0.2, -0.15) is 0 Å². The lowest BCUT2D eigenvalue weighted by Gasteiger charge is -2.25. The molecule has 128 valence electrons. The fourth-order valence-electron chi connectivity index (χ4n) is 3.07. The Labute approximate surface area is 143 Å². The maximum Gasteiger partial charge on any atom is 0.340 e. The van der Waals surface area contributed by atoms with Gasteiger partial charge in [0, 0.05) is 11.1 Å². The second kappa shape index (κ2) is 6.16.